The molecule has 2 aromatic heterocycles. The zero-order valence-corrected chi connectivity index (χ0v) is 16.4. The number of rotatable bonds is 7. The number of ether oxygens (including phenoxy) is 1. The third-order valence-electron chi connectivity index (χ3n) is 4.99. The van der Waals surface area contributed by atoms with E-state index in [1.807, 2.05) is 29.2 Å². The van der Waals surface area contributed by atoms with Crippen molar-refractivity contribution in [2.75, 3.05) is 26.8 Å². The lowest BCUT2D eigenvalue weighted by Gasteiger charge is -2.27. The Kier molecular flexibility index (Phi) is 5.57. The number of hydrogen-bond donors (Lipinski definition) is 2. The Morgan fingerprint density at radius 2 is 2.14 bits per heavy atom. The van der Waals surface area contributed by atoms with E-state index in [1.165, 1.54) is 0 Å². The standard InChI is InChI=1S/C20H24N6O3/c1-29-11-8-21-20(28)17-12-14-13-25(9-10-26(14)24-17)19(27)7-6-18-22-15-4-2-3-5-16(15)23-18/h2-5,12H,6-11,13H2,1H3,(H,21,28)(H,22,23). The average molecular weight is 396 g/mol. The summed E-state index contributed by atoms with van der Waals surface area (Å²) in [6, 6.07) is 9.58. The smallest absolute Gasteiger partial charge is 0.271 e. The number of nitrogens with one attached hydrogen (secondary N) is 2. The number of para-hydroxylation sites is 2. The van der Waals surface area contributed by atoms with Gasteiger partial charge in [0, 0.05) is 33.0 Å². The fourth-order valence-electron chi connectivity index (χ4n) is 3.45. The number of aromatic amines is 1. The number of imidazole rings is 1. The highest BCUT2D eigenvalue weighted by Gasteiger charge is 2.24. The van der Waals surface area contributed by atoms with Crippen molar-refractivity contribution in [2.24, 2.45) is 0 Å². The molecule has 0 fully saturated rings. The molecule has 0 saturated carbocycles. The van der Waals surface area contributed by atoms with Crippen molar-refractivity contribution in [3.63, 3.8) is 0 Å². The van der Waals surface area contributed by atoms with E-state index in [0.717, 1.165) is 22.6 Å². The minimum Gasteiger partial charge on any atom is -0.383 e. The Morgan fingerprint density at radius 3 is 2.97 bits per heavy atom. The number of hydrogen-bond acceptors (Lipinski definition) is 5. The summed E-state index contributed by atoms with van der Waals surface area (Å²) in [4.78, 5) is 34.4. The van der Waals surface area contributed by atoms with Crippen molar-refractivity contribution in [3.8, 4) is 0 Å². The van der Waals surface area contributed by atoms with Gasteiger partial charge in [0.2, 0.25) is 5.91 Å². The van der Waals surface area contributed by atoms with E-state index in [2.05, 4.69) is 20.4 Å². The molecule has 152 valence electrons. The van der Waals surface area contributed by atoms with E-state index in [-0.39, 0.29) is 11.8 Å². The molecule has 9 nitrogen and oxygen atoms in total. The van der Waals surface area contributed by atoms with E-state index in [1.54, 1.807) is 17.9 Å². The summed E-state index contributed by atoms with van der Waals surface area (Å²) in [5.41, 5.74) is 3.12. The number of nitrogens with zero attached hydrogens (tertiary/aromatic N) is 4. The average Bonchev–Trinajstić information content (AvgIpc) is 3.35. The Hall–Kier alpha value is -3.20. The minimum absolute atomic E-state index is 0.0732. The van der Waals surface area contributed by atoms with Crippen LogP contribution in [0.5, 0.6) is 0 Å². The van der Waals surface area contributed by atoms with Crippen LogP contribution in [-0.2, 0) is 29.0 Å². The van der Waals surface area contributed by atoms with Crippen molar-refractivity contribution in [3.05, 3.63) is 47.5 Å². The lowest BCUT2D eigenvalue weighted by molar-refractivity contribution is -0.132. The fourth-order valence-corrected chi connectivity index (χ4v) is 3.45. The first-order valence-electron chi connectivity index (χ1n) is 9.69. The molecule has 0 unspecified atom stereocenters. The van der Waals surface area contributed by atoms with Gasteiger partial charge in [-0.1, -0.05) is 12.1 Å². The predicted molar refractivity (Wildman–Crippen MR) is 106 cm³/mol. The van der Waals surface area contributed by atoms with E-state index in [4.69, 9.17) is 4.74 Å². The van der Waals surface area contributed by atoms with Crippen LogP contribution in [0.25, 0.3) is 11.0 Å². The van der Waals surface area contributed by atoms with Gasteiger partial charge in [-0.25, -0.2) is 4.98 Å². The summed E-state index contributed by atoms with van der Waals surface area (Å²) in [6.45, 7) is 2.50. The van der Waals surface area contributed by atoms with Crippen LogP contribution in [0.3, 0.4) is 0 Å². The van der Waals surface area contributed by atoms with E-state index < -0.39 is 0 Å². The normalized spacial score (nSPS) is 13.5. The van der Waals surface area contributed by atoms with Crippen LogP contribution < -0.4 is 5.32 Å². The quantitative estimate of drug-likeness (QED) is 0.582. The molecule has 0 radical (unpaired) electrons. The number of aryl methyl sites for hydroxylation is 1. The molecule has 2 amide bonds. The molecule has 0 atom stereocenters. The molecule has 0 saturated heterocycles. The second-order valence-corrected chi connectivity index (χ2v) is 7.01. The summed E-state index contributed by atoms with van der Waals surface area (Å²) in [5.74, 6) is 0.660. The van der Waals surface area contributed by atoms with Crippen LogP contribution in [-0.4, -0.2) is 63.3 Å². The molecule has 3 heterocycles. The molecule has 9 heteroatoms. The lowest BCUT2D eigenvalue weighted by atomic mass is 10.2. The van der Waals surface area contributed by atoms with Gasteiger partial charge in [-0.15, -0.1) is 0 Å². The van der Waals surface area contributed by atoms with E-state index >= 15 is 0 Å². The van der Waals surface area contributed by atoms with Gasteiger partial charge in [-0.3, -0.25) is 14.3 Å². The molecular formula is C20H24N6O3. The second-order valence-electron chi connectivity index (χ2n) is 7.01. The molecule has 4 rings (SSSR count). The zero-order valence-electron chi connectivity index (χ0n) is 16.4. The van der Waals surface area contributed by atoms with Gasteiger partial charge in [0.1, 0.15) is 5.82 Å². The summed E-state index contributed by atoms with van der Waals surface area (Å²) < 4.78 is 6.73. The van der Waals surface area contributed by atoms with Crippen LogP contribution in [0.4, 0.5) is 0 Å². The fraction of sp³-hybridized carbons (Fsp3) is 0.400. The molecule has 0 spiro atoms. The van der Waals surface area contributed by atoms with Crippen molar-refractivity contribution >= 4 is 22.8 Å². The summed E-state index contributed by atoms with van der Waals surface area (Å²) in [7, 11) is 1.58. The Labute approximate surface area is 168 Å². The second kappa shape index (κ2) is 8.44. The van der Waals surface area contributed by atoms with Gasteiger partial charge < -0.3 is 19.9 Å². The van der Waals surface area contributed by atoms with Crippen molar-refractivity contribution in [1.29, 1.82) is 0 Å². The Bertz CT molecular complexity index is 991. The van der Waals surface area contributed by atoms with Gasteiger partial charge >= 0.3 is 0 Å². The largest absolute Gasteiger partial charge is 0.383 e. The third kappa shape index (κ3) is 4.29. The number of H-pyrrole nitrogens is 1. The number of fused-ring (bicyclic) bond motifs is 2. The minimum atomic E-state index is -0.230. The van der Waals surface area contributed by atoms with Crippen LogP contribution in [0.2, 0.25) is 0 Å². The van der Waals surface area contributed by atoms with Crippen molar-refractivity contribution < 1.29 is 14.3 Å². The summed E-state index contributed by atoms with van der Waals surface area (Å²) >= 11 is 0. The molecule has 0 bridgehead atoms. The maximum absolute atomic E-state index is 12.7. The molecule has 1 aliphatic heterocycles. The monoisotopic (exact) mass is 396 g/mol. The van der Waals surface area contributed by atoms with Gasteiger partial charge in [0.05, 0.1) is 36.4 Å². The van der Waals surface area contributed by atoms with Crippen LogP contribution in [0.15, 0.2) is 30.3 Å². The number of carbonyl (C=O) groups excluding carboxylic acids is 2. The highest BCUT2D eigenvalue weighted by atomic mass is 16.5. The molecular weight excluding hydrogens is 372 g/mol. The third-order valence-corrected chi connectivity index (χ3v) is 4.99. The van der Waals surface area contributed by atoms with Gasteiger partial charge in [0.15, 0.2) is 5.69 Å². The lowest BCUT2D eigenvalue weighted by Crippen LogP contribution is -2.38. The Balaban J connectivity index is 1.34. The van der Waals surface area contributed by atoms with Crippen LogP contribution >= 0.6 is 0 Å². The van der Waals surface area contributed by atoms with Crippen LogP contribution in [0.1, 0.15) is 28.4 Å². The predicted octanol–water partition coefficient (Wildman–Crippen LogP) is 1.11. The molecule has 29 heavy (non-hydrogen) atoms. The number of carbonyl (C=O) groups is 2. The van der Waals surface area contributed by atoms with Gasteiger partial charge in [0.25, 0.3) is 5.91 Å². The number of amides is 2. The van der Waals surface area contributed by atoms with E-state index in [0.29, 0.717) is 51.3 Å². The summed E-state index contributed by atoms with van der Waals surface area (Å²) in [6.07, 6.45) is 0.953. The topological polar surface area (TPSA) is 105 Å². The highest BCUT2D eigenvalue weighted by molar-refractivity contribution is 5.92. The molecule has 2 N–H and O–H groups in total. The molecule has 3 aromatic rings. The number of aromatic nitrogens is 4. The van der Waals surface area contributed by atoms with Crippen molar-refractivity contribution in [1.82, 2.24) is 30.0 Å². The first kappa shape index (κ1) is 19.1. The molecule has 1 aliphatic rings. The Morgan fingerprint density at radius 1 is 1.28 bits per heavy atom. The van der Waals surface area contributed by atoms with Crippen molar-refractivity contribution in [2.45, 2.75) is 25.9 Å². The van der Waals surface area contributed by atoms with Gasteiger partial charge in [-0.2, -0.15) is 5.10 Å². The maximum Gasteiger partial charge on any atom is 0.271 e. The number of methoxy groups -OCH3 is 1. The van der Waals surface area contributed by atoms with E-state index in [9.17, 15) is 9.59 Å². The first-order valence-corrected chi connectivity index (χ1v) is 9.69. The van der Waals surface area contributed by atoms with Gasteiger partial charge in [-0.05, 0) is 18.2 Å². The number of benzene rings is 1. The SMILES string of the molecule is COCCNC(=O)c1cc2n(n1)CCN(C(=O)CCc1nc3ccccc3[nH]1)C2. The maximum atomic E-state index is 12.7. The zero-order chi connectivity index (χ0) is 20.2. The molecule has 1 aromatic carbocycles. The van der Waals surface area contributed by atoms with Crippen LogP contribution in [0, 0.1) is 0 Å². The highest BCUT2D eigenvalue weighted by Crippen LogP contribution is 2.16. The first-order chi connectivity index (χ1) is 14.1. The molecule has 0 aliphatic carbocycles. The summed E-state index contributed by atoms with van der Waals surface area (Å²) in [5, 5.41) is 7.11.